The van der Waals surface area contributed by atoms with Gasteiger partial charge >= 0.3 is 0 Å². The Bertz CT molecular complexity index is 494. The first kappa shape index (κ1) is 13.6. The third-order valence-corrected chi connectivity index (χ3v) is 5.27. The van der Waals surface area contributed by atoms with Crippen LogP contribution in [-0.2, 0) is 4.74 Å². The van der Waals surface area contributed by atoms with Crippen LogP contribution >= 0.6 is 0 Å². The summed E-state index contributed by atoms with van der Waals surface area (Å²) >= 11 is 0. The second kappa shape index (κ2) is 5.61. The molecule has 0 radical (unpaired) electrons. The molecule has 5 nitrogen and oxygen atoms in total. The second-order valence-corrected chi connectivity index (χ2v) is 6.77. The maximum absolute atomic E-state index is 6.11. The van der Waals surface area contributed by atoms with Gasteiger partial charge in [0.05, 0.1) is 23.9 Å². The van der Waals surface area contributed by atoms with E-state index in [0.717, 1.165) is 26.1 Å². The van der Waals surface area contributed by atoms with E-state index >= 15 is 0 Å². The summed E-state index contributed by atoms with van der Waals surface area (Å²) in [7, 11) is 0. The molecule has 0 amide bonds. The van der Waals surface area contributed by atoms with Crippen LogP contribution in [0.2, 0.25) is 0 Å². The maximum atomic E-state index is 6.11. The van der Waals surface area contributed by atoms with E-state index in [0.29, 0.717) is 24.2 Å². The Morgan fingerprint density at radius 2 is 2.00 bits per heavy atom. The van der Waals surface area contributed by atoms with Crippen molar-refractivity contribution in [3.8, 4) is 0 Å². The predicted octanol–water partition coefficient (Wildman–Crippen LogP) is 2.27. The van der Waals surface area contributed by atoms with E-state index in [1.165, 1.54) is 37.2 Å². The van der Waals surface area contributed by atoms with E-state index in [4.69, 9.17) is 9.84 Å². The van der Waals surface area contributed by atoms with E-state index in [1.54, 1.807) is 0 Å². The van der Waals surface area contributed by atoms with Gasteiger partial charge in [0.2, 0.25) is 0 Å². The SMILES string of the molecule is CC1CCC(C2CCNc3cc(C4CCNCC4)nn32)O1. The highest BCUT2D eigenvalue weighted by Crippen LogP contribution is 2.36. The minimum Gasteiger partial charge on any atom is -0.373 e. The summed E-state index contributed by atoms with van der Waals surface area (Å²) in [5.41, 5.74) is 1.27. The van der Waals surface area contributed by atoms with Crippen LogP contribution in [-0.4, -0.2) is 41.6 Å². The first-order valence-electron chi connectivity index (χ1n) is 8.51. The molecule has 1 aromatic rings. The highest BCUT2D eigenvalue weighted by atomic mass is 16.5. The third kappa shape index (κ3) is 2.57. The fourth-order valence-electron chi connectivity index (χ4n) is 4.05. The van der Waals surface area contributed by atoms with Crippen LogP contribution in [0.4, 0.5) is 5.82 Å². The van der Waals surface area contributed by atoms with Crippen LogP contribution < -0.4 is 10.6 Å². The molecule has 0 spiro atoms. The molecule has 0 aliphatic carbocycles. The number of hydrogen-bond donors (Lipinski definition) is 2. The molecule has 2 N–H and O–H groups in total. The summed E-state index contributed by atoms with van der Waals surface area (Å²) < 4.78 is 8.34. The first-order valence-corrected chi connectivity index (χ1v) is 8.51. The smallest absolute Gasteiger partial charge is 0.124 e. The first-order chi connectivity index (χ1) is 10.3. The highest BCUT2D eigenvalue weighted by Gasteiger charge is 2.35. The summed E-state index contributed by atoms with van der Waals surface area (Å²) in [6.45, 7) is 5.46. The number of nitrogens with zero attached hydrogens (tertiary/aromatic N) is 2. The number of ether oxygens (including phenoxy) is 1. The van der Waals surface area contributed by atoms with E-state index in [2.05, 4.69) is 28.3 Å². The summed E-state index contributed by atoms with van der Waals surface area (Å²) in [4.78, 5) is 0. The van der Waals surface area contributed by atoms with E-state index in [-0.39, 0.29) is 0 Å². The summed E-state index contributed by atoms with van der Waals surface area (Å²) in [6, 6.07) is 2.70. The average molecular weight is 290 g/mol. The Morgan fingerprint density at radius 1 is 1.14 bits per heavy atom. The number of rotatable bonds is 2. The van der Waals surface area contributed by atoms with Gasteiger partial charge in [0.1, 0.15) is 5.82 Å². The Hall–Kier alpha value is -1.07. The molecule has 2 fully saturated rings. The van der Waals surface area contributed by atoms with Crippen molar-refractivity contribution in [2.24, 2.45) is 0 Å². The van der Waals surface area contributed by atoms with Crippen molar-refractivity contribution in [1.82, 2.24) is 15.1 Å². The fraction of sp³-hybridized carbons (Fsp3) is 0.812. The summed E-state index contributed by atoms with van der Waals surface area (Å²) in [6.07, 6.45) is 6.66. The predicted molar refractivity (Wildman–Crippen MR) is 82.8 cm³/mol. The largest absolute Gasteiger partial charge is 0.373 e. The minimum absolute atomic E-state index is 0.349. The van der Waals surface area contributed by atoms with Gasteiger partial charge in [-0.15, -0.1) is 0 Å². The lowest BCUT2D eigenvalue weighted by Crippen LogP contribution is -2.32. The lowest BCUT2D eigenvalue weighted by molar-refractivity contribution is 0.0172. The molecule has 21 heavy (non-hydrogen) atoms. The maximum Gasteiger partial charge on any atom is 0.124 e. The van der Waals surface area contributed by atoms with Gasteiger partial charge in [0.15, 0.2) is 0 Å². The molecule has 0 saturated carbocycles. The van der Waals surface area contributed by atoms with E-state index < -0.39 is 0 Å². The molecule has 3 aliphatic heterocycles. The Morgan fingerprint density at radius 3 is 2.76 bits per heavy atom. The van der Waals surface area contributed by atoms with Gasteiger partial charge in [0, 0.05) is 18.5 Å². The monoisotopic (exact) mass is 290 g/mol. The number of fused-ring (bicyclic) bond motifs is 1. The molecule has 0 aromatic carbocycles. The molecule has 116 valence electrons. The Balaban J connectivity index is 1.57. The number of piperidine rings is 1. The van der Waals surface area contributed by atoms with Gasteiger partial charge in [-0.25, -0.2) is 4.68 Å². The molecule has 3 unspecified atom stereocenters. The molecular weight excluding hydrogens is 264 g/mol. The van der Waals surface area contributed by atoms with Crippen molar-refractivity contribution in [3.05, 3.63) is 11.8 Å². The molecule has 4 rings (SSSR count). The molecule has 5 heteroatoms. The minimum atomic E-state index is 0.349. The normalized spacial score (nSPS) is 33.7. The summed E-state index contributed by atoms with van der Waals surface area (Å²) in [5.74, 6) is 1.82. The van der Waals surface area contributed by atoms with Gasteiger partial charge in [-0.2, -0.15) is 5.10 Å². The average Bonchev–Trinajstić information content (AvgIpc) is 3.14. The Kier molecular flexibility index (Phi) is 3.63. The molecule has 2 saturated heterocycles. The zero-order valence-corrected chi connectivity index (χ0v) is 12.8. The number of anilines is 1. The van der Waals surface area contributed by atoms with Gasteiger partial charge in [-0.05, 0) is 52.1 Å². The molecular formula is C16H26N4O. The van der Waals surface area contributed by atoms with Crippen molar-refractivity contribution in [1.29, 1.82) is 0 Å². The van der Waals surface area contributed by atoms with E-state index in [1.807, 2.05) is 0 Å². The zero-order chi connectivity index (χ0) is 14.2. The van der Waals surface area contributed by atoms with Crippen molar-refractivity contribution in [3.63, 3.8) is 0 Å². The lowest BCUT2D eigenvalue weighted by atomic mass is 9.95. The number of aromatic nitrogens is 2. The van der Waals surface area contributed by atoms with Crippen LogP contribution in [0.3, 0.4) is 0 Å². The number of hydrogen-bond acceptors (Lipinski definition) is 4. The molecule has 3 atom stereocenters. The van der Waals surface area contributed by atoms with Crippen LogP contribution in [0, 0.1) is 0 Å². The quantitative estimate of drug-likeness (QED) is 0.877. The van der Waals surface area contributed by atoms with Gasteiger partial charge in [0.25, 0.3) is 0 Å². The third-order valence-electron chi connectivity index (χ3n) is 5.27. The van der Waals surface area contributed by atoms with Crippen molar-refractivity contribution in [2.75, 3.05) is 25.0 Å². The lowest BCUT2D eigenvalue weighted by Gasteiger charge is -2.30. The zero-order valence-electron chi connectivity index (χ0n) is 12.8. The topological polar surface area (TPSA) is 51.1 Å². The van der Waals surface area contributed by atoms with Crippen LogP contribution in [0.5, 0.6) is 0 Å². The van der Waals surface area contributed by atoms with Crippen molar-refractivity contribution >= 4 is 5.82 Å². The molecule has 4 heterocycles. The molecule has 3 aliphatic rings. The van der Waals surface area contributed by atoms with Crippen molar-refractivity contribution in [2.45, 2.75) is 63.2 Å². The molecule has 0 bridgehead atoms. The van der Waals surface area contributed by atoms with Crippen LogP contribution in [0.25, 0.3) is 0 Å². The van der Waals surface area contributed by atoms with Gasteiger partial charge in [-0.3, -0.25) is 0 Å². The standard InChI is InChI=1S/C16H26N4O/c1-11-2-3-15(21-11)14-6-9-18-16-10-13(19-20(14)16)12-4-7-17-8-5-12/h10-12,14-15,17-18H,2-9H2,1H3. The van der Waals surface area contributed by atoms with Gasteiger partial charge < -0.3 is 15.4 Å². The Labute approximate surface area is 126 Å². The number of nitrogens with one attached hydrogen (secondary N) is 2. The van der Waals surface area contributed by atoms with Crippen LogP contribution in [0.1, 0.15) is 56.7 Å². The summed E-state index contributed by atoms with van der Waals surface area (Å²) in [5, 5.41) is 11.9. The fourth-order valence-corrected chi connectivity index (χ4v) is 4.05. The van der Waals surface area contributed by atoms with Crippen molar-refractivity contribution < 1.29 is 4.74 Å². The van der Waals surface area contributed by atoms with Crippen LogP contribution in [0.15, 0.2) is 6.07 Å². The van der Waals surface area contributed by atoms with Gasteiger partial charge in [-0.1, -0.05) is 0 Å². The van der Waals surface area contributed by atoms with E-state index in [9.17, 15) is 0 Å². The molecule has 1 aromatic heterocycles. The highest BCUT2D eigenvalue weighted by molar-refractivity contribution is 5.40. The second-order valence-electron chi connectivity index (χ2n) is 6.77.